The second kappa shape index (κ2) is 5.07. The molecular formula is C10H12N2O2. The summed E-state index contributed by atoms with van der Waals surface area (Å²) < 4.78 is 5.04. The van der Waals surface area contributed by atoms with Gasteiger partial charge in [-0.2, -0.15) is 5.26 Å². The average Bonchev–Trinajstić information content (AvgIpc) is 2.67. The van der Waals surface area contributed by atoms with Crippen LogP contribution in [0.25, 0.3) is 0 Å². The maximum atomic E-state index is 11.3. The molecular weight excluding hydrogens is 180 g/mol. The van der Waals surface area contributed by atoms with Gasteiger partial charge in [0, 0.05) is 12.3 Å². The largest absolute Gasteiger partial charge is 0.467 e. The van der Waals surface area contributed by atoms with E-state index in [9.17, 15) is 4.79 Å². The van der Waals surface area contributed by atoms with Crippen molar-refractivity contribution in [3.63, 3.8) is 0 Å². The summed E-state index contributed by atoms with van der Waals surface area (Å²) >= 11 is 0. The first kappa shape index (κ1) is 10.3. The molecule has 0 aliphatic rings. The molecule has 0 saturated heterocycles. The van der Waals surface area contributed by atoms with Crippen LogP contribution in [-0.4, -0.2) is 5.91 Å². The summed E-state index contributed by atoms with van der Waals surface area (Å²) in [6.07, 6.45) is 1.80. The highest BCUT2D eigenvalue weighted by Crippen LogP contribution is 2.02. The molecule has 1 amide bonds. The van der Waals surface area contributed by atoms with Crippen LogP contribution in [0.2, 0.25) is 0 Å². The topological polar surface area (TPSA) is 66.0 Å². The van der Waals surface area contributed by atoms with Crippen LogP contribution >= 0.6 is 0 Å². The molecule has 0 saturated carbocycles. The monoisotopic (exact) mass is 192 g/mol. The second-order valence-electron chi connectivity index (χ2n) is 3.06. The fourth-order valence-corrected chi connectivity index (χ4v) is 0.991. The number of nitrogens with one attached hydrogen (secondary N) is 1. The van der Waals surface area contributed by atoms with Crippen LogP contribution in [0.4, 0.5) is 0 Å². The summed E-state index contributed by atoms with van der Waals surface area (Å²) in [4.78, 5) is 11.3. The number of hydrogen-bond donors (Lipinski definition) is 1. The first-order chi connectivity index (χ1) is 6.74. The van der Waals surface area contributed by atoms with Gasteiger partial charge in [0.2, 0.25) is 5.91 Å². The molecule has 74 valence electrons. The third kappa shape index (κ3) is 2.94. The van der Waals surface area contributed by atoms with Gasteiger partial charge in [0.05, 0.1) is 18.9 Å². The Bertz CT molecular complexity index is 324. The minimum atomic E-state index is -0.269. The number of carbonyl (C=O) groups is 1. The zero-order valence-electron chi connectivity index (χ0n) is 7.99. The van der Waals surface area contributed by atoms with Gasteiger partial charge in [-0.1, -0.05) is 6.92 Å². The van der Waals surface area contributed by atoms with E-state index in [1.54, 1.807) is 25.3 Å². The highest BCUT2D eigenvalue weighted by molar-refractivity contribution is 5.78. The molecule has 4 heteroatoms. The van der Waals surface area contributed by atoms with Crippen molar-refractivity contribution >= 4 is 5.91 Å². The lowest BCUT2D eigenvalue weighted by Crippen LogP contribution is -2.28. The molecule has 0 fully saturated rings. The van der Waals surface area contributed by atoms with Crippen molar-refractivity contribution in [1.29, 1.82) is 5.26 Å². The molecule has 1 atom stereocenters. The van der Waals surface area contributed by atoms with Crippen LogP contribution in [0.15, 0.2) is 22.8 Å². The number of nitriles is 1. The molecule has 1 rings (SSSR count). The number of furan rings is 1. The Hall–Kier alpha value is -1.76. The lowest BCUT2D eigenvalue weighted by Gasteiger charge is -2.06. The number of nitrogens with zero attached hydrogens (tertiary/aromatic N) is 1. The minimum absolute atomic E-state index is 0.122. The summed E-state index contributed by atoms with van der Waals surface area (Å²) in [6, 6.07) is 5.51. The lowest BCUT2D eigenvalue weighted by molar-refractivity contribution is -0.124. The SMILES string of the molecule is CC(CC#N)C(=O)NCc1ccco1. The van der Waals surface area contributed by atoms with Crippen molar-refractivity contribution in [1.82, 2.24) is 5.32 Å². The molecule has 1 N–H and O–H groups in total. The van der Waals surface area contributed by atoms with Gasteiger partial charge < -0.3 is 9.73 Å². The Morgan fingerprint density at radius 1 is 1.79 bits per heavy atom. The summed E-state index contributed by atoms with van der Waals surface area (Å²) in [6.45, 7) is 2.10. The predicted octanol–water partition coefficient (Wildman–Crippen LogP) is 1.45. The molecule has 0 spiro atoms. The molecule has 1 aromatic rings. The Balaban J connectivity index is 2.32. The van der Waals surface area contributed by atoms with E-state index >= 15 is 0 Å². The smallest absolute Gasteiger partial charge is 0.224 e. The predicted molar refractivity (Wildman–Crippen MR) is 49.9 cm³/mol. The number of rotatable bonds is 4. The Labute approximate surface area is 82.5 Å². The third-order valence-electron chi connectivity index (χ3n) is 1.86. The van der Waals surface area contributed by atoms with E-state index in [2.05, 4.69) is 5.32 Å². The van der Waals surface area contributed by atoms with Crippen molar-refractivity contribution in [2.45, 2.75) is 19.9 Å². The summed E-state index contributed by atoms with van der Waals surface area (Å²) in [7, 11) is 0. The minimum Gasteiger partial charge on any atom is -0.467 e. The fourth-order valence-electron chi connectivity index (χ4n) is 0.991. The standard InChI is InChI=1S/C10H12N2O2/c1-8(4-5-11)10(13)12-7-9-3-2-6-14-9/h2-3,6,8H,4,7H2,1H3,(H,12,13). The van der Waals surface area contributed by atoms with Gasteiger partial charge in [0.1, 0.15) is 5.76 Å². The van der Waals surface area contributed by atoms with Gasteiger partial charge in [0.15, 0.2) is 0 Å². The van der Waals surface area contributed by atoms with E-state index in [1.807, 2.05) is 6.07 Å². The molecule has 14 heavy (non-hydrogen) atoms. The normalized spacial score (nSPS) is 11.7. The van der Waals surface area contributed by atoms with Gasteiger partial charge >= 0.3 is 0 Å². The third-order valence-corrected chi connectivity index (χ3v) is 1.86. The molecule has 1 heterocycles. The van der Waals surface area contributed by atoms with Gasteiger partial charge in [-0.25, -0.2) is 0 Å². The molecule has 0 aliphatic carbocycles. The van der Waals surface area contributed by atoms with Gasteiger partial charge in [-0.05, 0) is 12.1 Å². The first-order valence-electron chi connectivity index (χ1n) is 4.41. The molecule has 0 aliphatic heterocycles. The van der Waals surface area contributed by atoms with Gasteiger partial charge in [-0.3, -0.25) is 4.79 Å². The molecule has 4 nitrogen and oxygen atoms in total. The van der Waals surface area contributed by atoms with Crippen molar-refractivity contribution < 1.29 is 9.21 Å². The molecule has 1 aromatic heterocycles. The van der Waals surface area contributed by atoms with Gasteiger partial charge in [0.25, 0.3) is 0 Å². The zero-order valence-corrected chi connectivity index (χ0v) is 7.99. The van der Waals surface area contributed by atoms with Crippen molar-refractivity contribution in [3.05, 3.63) is 24.2 Å². The fraction of sp³-hybridized carbons (Fsp3) is 0.400. The summed E-state index contributed by atoms with van der Waals surface area (Å²) in [5, 5.41) is 11.1. The lowest BCUT2D eigenvalue weighted by atomic mass is 10.1. The van der Waals surface area contributed by atoms with Crippen LogP contribution in [-0.2, 0) is 11.3 Å². The Morgan fingerprint density at radius 2 is 2.57 bits per heavy atom. The van der Waals surface area contributed by atoms with Crippen molar-refractivity contribution in [3.8, 4) is 6.07 Å². The van der Waals surface area contributed by atoms with E-state index in [4.69, 9.17) is 9.68 Å². The number of carbonyl (C=O) groups excluding carboxylic acids is 1. The molecule has 1 unspecified atom stereocenters. The van der Waals surface area contributed by atoms with Crippen LogP contribution < -0.4 is 5.32 Å². The Kier molecular flexibility index (Phi) is 3.74. The van der Waals surface area contributed by atoms with E-state index in [0.29, 0.717) is 12.3 Å². The van der Waals surface area contributed by atoms with Crippen LogP contribution in [0.5, 0.6) is 0 Å². The first-order valence-corrected chi connectivity index (χ1v) is 4.41. The summed E-state index contributed by atoms with van der Waals surface area (Å²) in [5.74, 6) is 0.320. The van der Waals surface area contributed by atoms with Crippen molar-refractivity contribution in [2.24, 2.45) is 5.92 Å². The van der Waals surface area contributed by atoms with Crippen LogP contribution in [0.1, 0.15) is 19.1 Å². The Morgan fingerprint density at radius 3 is 3.14 bits per heavy atom. The maximum absolute atomic E-state index is 11.3. The summed E-state index contributed by atoms with van der Waals surface area (Å²) in [5.41, 5.74) is 0. The zero-order chi connectivity index (χ0) is 10.4. The molecule has 0 radical (unpaired) electrons. The highest BCUT2D eigenvalue weighted by Gasteiger charge is 2.11. The maximum Gasteiger partial charge on any atom is 0.224 e. The van der Waals surface area contributed by atoms with E-state index in [1.165, 1.54) is 0 Å². The van der Waals surface area contributed by atoms with E-state index in [-0.39, 0.29) is 18.2 Å². The number of hydrogen-bond acceptors (Lipinski definition) is 3. The van der Waals surface area contributed by atoms with Crippen LogP contribution in [0.3, 0.4) is 0 Å². The molecule has 0 aromatic carbocycles. The van der Waals surface area contributed by atoms with Crippen molar-refractivity contribution in [2.75, 3.05) is 0 Å². The second-order valence-corrected chi connectivity index (χ2v) is 3.06. The average molecular weight is 192 g/mol. The van der Waals surface area contributed by atoms with E-state index < -0.39 is 0 Å². The highest BCUT2D eigenvalue weighted by atomic mass is 16.3. The van der Waals surface area contributed by atoms with Gasteiger partial charge in [-0.15, -0.1) is 0 Å². The molecule has 0 bridgehead atoms. The quantitative estimate of drug-likeness (QED) is 0.785. The van der Waals surface area contributed by atoms with Crippen LogP contribution in [0, 0.1) is 17.2 Å². The number of amides is 1. The van der Waals surface area contributed by atoms with E-state index in [0.717, 1.165) is 0 Å².